The minimum absolute atomic E-state index is 0.180. The van der Waals surface area contributed by atoms with E-state index in [2.05, 4.69) is 0 Å². The molecule has 2 heterocycles. The standard InChI is InChI=1S/C11H20O3/c1-13-6-2-3-10(12)9-7-8-4-5-11(9)14-8/h8-12H,2-7H2,1H3. The van der Waals surface area contributed by atoms with E-state index in [1.54, 1.807) is 7.11 Å². The average molecular weight is 200 g/mol. The first-order valence-electron chi connectivity index (χ1n) is 5.63. The third-order valence-corrected chi connectivity index (χ3v) is 3.50. The van der Waals surface area contributed by atoms with E-state index in [1.165, 1.54) is 6.42 Å². The smallest absolute Gasteiger partial charge is 0.0633 e. The van der Waals surface area contributed by atoms with E-state index in [0.717, 1.165) is 32.3 Å². The molecule has 2 aliphatic heterocycles. The zero-order valence-electron chi connectivity index (χ0n) is 8.82. The van der Waals surface area contributed by atoms with E-state index in [9.17, 15) is 5.11 Å². The molecule has 0 spiro atoms. The second kappa shape index (κ2) is 4.60. The van der Waals surface area contributed by atoms with Crippen molar-refractivity contribution in [3.8, 4) is 0 Å². The van der Waals surface area contributed by atoms with E-state index in [1.807, 2.05) is 0 Å². The maximum atomic E-state index is 9.96. The number of hydrogen-bond donors (Lipinski definition) is 1. The van der Waals surface area contributed by atoms with E-state index >= 15 is 0 Å². The summed E-state index contributed by atoms with van der Waals surface area (Å²) in [6.45, 7) is 0.749. The predicted molar refractivity (Wildman–Crippen MR) is 53.1 cm³/mol. The fourth-order valence-corrected chi connectivity index (χ4v) is 2.73. The molecule has 4 unspecified atom stereocenters. The van der Waals surface area contributed by atoms with Crippen molar-refractivity contribution in [3.63, 3.8) is 0 Å². The lowest BCUT2D eigenvalue weighted by Crippen LogP contribution is -2.29. The molecule has 14 heavy (non-hydrogen) atoms. The summed E-state index contributed by atoms with van der Waals surface area (Å²) >= 11 is 0. The first-order valence-corrected chi connectivity index (χ1v) is 5.63. The van der Waals surface area contributed by atoms with E-state index in [0.29, 0.717) is 18.1 Å². The highest BCUT2D eigenvalue weighted by Gasteiger charge is 2.43. The highest BCUT2D eigenvalue weighted by Crippen LogP contribution is 2.41. The fourth-order valence-electron chi connectivity index (χ4n) is 2.73. The summed E-state index contributed by atoms with van der Waals surface area (Å²) in [7, 11) is 1.70. The van der Waals surface area contributed by atoms with Crippen LogP contribution in [0.15, 0.2) is 0 Å². The van der Waals surface area contributed by atoms with Gasteiger partial charge in [0.1, 0.15) is 0 Å². The first kappa shape index (κ1) is 10.4. The summed E-state index contributed by atoms with van der Waals surface area (Å²) in [6.07, 6.45) is 5.83. The van der Waals surface area contributed by atoms with Crippen LogP contribution in [0.5, 0.6) is 0 Å². The fraction of sp³-hybridized carbons (Fsp3) is 1.00. The highest BCUT2D eigenvalue weighted by molar-refractivity contribution is 4.92. The van der Waals surface area contributed by atoms with Gasteiger partial charge in [-0.2, -0.15) is 0 Å². The Bertz CT molecular complexity index is 183. The number of ether oxygens (including phenoxy) is 2. The highest BCUT2D eigenvalue weighted by atomic mass is 16.5. The molecule has 2 fully saturated rings. The molecule has 3 nitrogen and oxygen atoms in total. The quantitative estimate of drug-likeness (QED) is 0.681. The Morgan fingerprint density at radius 1 is 1.50 bits per heavy atom. The van der Waals surface area contributed by atoms with Gasteiger partial charge in [0.2, 0.25) is 0 Å². The van der Waals surface area contributed by atoms with Gasteiger partial charge >= 0.3 is 0 Å². The second-order valence-corrected chi connectivity index (χ2v) is 4.48. The average Bonchev–Trinajstić information content (AvgIpc) is 2.79. The maximum Gasteiger partial charge on any atom is 0.0633 e. The van der Waals surface area contributed by atoms with Gasteiger partial charge in [0.05, 0.1) is 18.3 Å². The lowest BCUT2D eigenvalue weighted by atomic mass is 9.84. The van der Waals surface area contributed by atoms with Gasteiger partial charge in [0.15, 0.2) is 0 Å². The summed E-state index contributed by atoms with van der Waals surface area (Å²) in [4.78, 5) is 0. The summed E-state index contributed by atoms with van der Waals surface area (Å²) in [5, 5.41) is 9.96. The molecule has 3 heteroatoms. The summed E-state index contributed by atoms with van der Waals surface area (Å²) in [6, 6.07) is 0. The lowest BCUT2D eigenvalue weighted by molar-refractivity contribution is 0.0342. The first-order chi connectivity index (χ1) is 6.81. The Hall–Kier alpha value is -0.120. The SMILES string of the molecule is COCCCC(O)C1CC2CCC1O2. The van der Waals surface area contributed by atoms with E-state index < -0.39 is 0 Å². The molecule has 0 saturated carbocycles. The van der Waals surface area contributed by atoms with Crippen LogP contribution in [0.3, 0.4) is 0 Å². The van der Waals surface area contributed by atoms with Crippen LogP contribution in [0.4, 0.5) is 0 Å². The Kier molecular flexibility index (Phi) is 3.42. The third-order valence-electron chi connectivity index (χ3n) is 3.50. The molecule has 0 radical (unpaired) electrons. The zero-order chi connectivity index (χ0) is 9.97. The van der Waals surface area contributed by atoms with Crippen molar-refractivity contribution in [1.82, 2.24) is 0 Å². The monoisotopic (exact) mass is 200 g/mol. The Balaban J connectivity index is 1.72. The molecule has 0 aromatic carbocycles. The van der Waals surface area contributed by atoms with Crippen molar-refractivity contribution in [2.24, 2.45) is 5.92 Å². The van der Waals surface area contributed by atoms with Crippen molar-refractivity contribution >= 4 is 0 Å². The molecule has 0 aromatic rings. The second-order valence-electron chi connectivity index (χ2n) is 4.48. The Morgan fingerprint density at radius 3 is 2.93 bits per heavy atom. The van der Waals surface area contributed by atoms with Gasteiger partial charge in [-0.25, -0.2) is 0 Å². The molecule has 2 saturated heterocycles. The molecule has 0 aliphatic carbocycles. The van der Waals surface area contributed by atoms with Crippen LogP contribution >= 0.6 is 0 Å². The van der Waals surface area contributed by atoms with Gasteiger partial charge in [0.25, 0.3) is 0 Å². The van der Waals surface area contributed by atoms with Crippen LogP contribution in [0, 0.1) is 5.92 Å². The van der Waals surface area contributed by atoms with E-state index in [-0.39, 0.29) is 6.10 Å². The number of aliphatic hydroxyl groups excluding tert-OH is 1. The predicted octanol–water partition coefficient (Wildman–Crippen LogP) is 1.34. The molecule has 82 valence electrons. The number of aliphatic hydroxyl groups is 1. The van der Waals surface area contributed by atoms with Gasteiger partial charge in [0, 0.05) is 19.6 Å². The number of methoxy groups -OCH3 is 1. The van der Waals surface area contributed by atoms with Gasteiger partial charge in [-0.05, 0) is 32.1 Å². The molecule has 1 N–H and O–H groups in total. The number of fused-ring (bicyclic) bond motifs is 2. The molecule has 2 rings (SSSR count). The van der Waals surface area contributed by atoms with Crippen LogP contribution in [-0.2, 0) is 9.47 Å². The molecular weight excluding hydrogens is 180 g/mol. The summed E-state index contributed by atoms with van der Waals surface area (Å²) < 4.78 is 10.7. The van der Waals surface area contributed by atoms with Crippen molar-refractivity contribution < 1.29 is 14.6 Å². The van der Waals surface area contributed by atoms with Crippen molar-refractivity contribution in [2.45, 2.75) is 50.4 Å². The molecule has 2 aliphatic rings. The molecule has 0 aromatic heterocycles. The third kappa shape index (κ3) is 2.10. The summed E-state index contributed by atoms with van der Waals surface area (Å²) in [5.41, 5.74) is 0. The largest absolute Gasteiger partial charge is 0.393 e. The molecule has 4 atom stereocenters. The van der Waals surface area contributed by atoms with Crippen molar-refractivity contribution in [3.05, 3.63) is 0 Å². The molecule has 0 amide bonds. The summed E-state index contributed by atoms with van der Waals surface area (Å²) in [5.74, 6) is 0.394. The van der Waals surface area contributed by atoms with Gasteiger partial charge in [-0.1, -0.05) is 0 Å². The maximum absolute atomic E-state index is 9.96. The number of hydrogen-bond acceptors (Lipinski definition) is 3. The number of rotatable bonds is 5. The topological polar surface area (TPSA) is 38.7 Å². The van der Waals surface area contributed by atoms with Crippen molar-refractivity contribution in [2.75, 3.05) is 13.7 Å². The zero-order valence-corrected chi connectivity index (χ0v) is 8.82. The van der Waals surface area contributed by atoms with Gasteiger partial charge in [-0.3, -0.25) is 0 Å². The van der Waals surface area contributed by atoms with Gasteiger partial charge in [-0.15, -0.1) is 0 Å². The minimum atomic E-state index is -0.180. The normalized spacial score (nSPS) is 37.7. The van der Waals surface area contributed by atoms with Crippen molar-refractivity contribution in [1.29, 1.82) is 0 Å². The van der Waals surface area contributed by atoms with Crippen LogP contribution in [0.1, 0.15) is 32.1 Å². The van der Waals surface area contributed by atoms with Crippen LogP contribution in [0.25, 0.3) is 0 Å². The van der Waals surface area contributed by atoms with Crippen LogP contribution < -0.4 is 0 Å². The Labute approximate surface area is 85.4 Å². The molecule has 2 bridgehead atoms. The minimum Gasteiger partial charge on any atom is -0.393 e. The lowest BCUT2D eigenvalue weighted by Gasteiger charge is -2.24. The van der Waals surface area contributed by atoms with Crippen LogP contribution in [0.2, 0.25) is 0 Å². The Morgan fingerprint density at radius 2 is 2.36 bits per heavy atom. The molecular formula is C11H20O3. The van der Waals surface area contributed by atoms with E-state index in [4.69, 9.17) is 9.47 Å². The van der Waals surface area contributed by atoms with Gasteiger partial charge < -0.3 is 14.6 Å². The van der Waals surface area contributed by atoms with Crippen LogP contribution in [-0.4, -0.2) is 37.1 Å².